The first-order valence-electron chi connectivity index (χ1n) is 50.7. The maximum absolute atomic E-state index is 5.41. The number of para-hydroxylation sites is 3. The first-order chi connectivity index (χ1) is 71.9. The molecule has 0 atom stereocenters. The lowest BCUT2D eigenvalue weighted by Gasteiger charge is -2.22. The summed E-state index contributed by atoms with van der Waals surface area (Å²) in [4.78, 5) is 41.9. The average molecular weight is 1890 g/mol. The van der Waals surface area contributed by atoms with Crippen LogP contribution in [0.3, 0.4) is 0 Å². The van der Waals surface area contributed by atoms with Gasteiger partial charge in [0, 0.05) is 87.4 Å². The summed E-state index contributed by atoms with van der Waals surface area (Å²) in [6, 6.07) is 162. The summed E-state index contributed by atoms with van der Waals surface area (Å²) in [5.74, 6) is 4.40. The maximum Gasteiger partial charge on any atom is 0.238 e. The fraction of sp³-hybridized carbons (Fsp3) is 0.0882. The summed E-state index contributed by atoms with van der Waals surface area (Å²) in [5, 5.41) is 7.18. The molecule has 0 saturated carbocycles. The van der Waals surface area contributed by atoms with Gasteiger partial charge in [0.25, 0.3) is 0 Å². The highest BCUT2D eigenvalue weighted by Gasteiger charge is 2.42. The molecular weight excluding hydrogens is 1790 g/mol. The smallest absolute Gasteiger partial charge is 0.238 e. The Labute approximate surface area is 853 Å². The molecule has 0 radical (unpaired) electrons. The maximum atomic E-state index is 5.41. The van der Waals surface area contributed by atoms with E-state index in [0.717, 1.165) is 111 Å². The van der Waals surface area contributed by atoms with Crippen molar-refractivity contribution in [3.05, 3.63) is 499 Å². The minimum absolute atomic E-state index is 0.0821. The fourth-order valence-electron chi connectivity index (χ4n) is 23.9. The molecule has 0 unspecified atom stereocenters. The van der Waals surface area contributed by atoms with Gasteiger partial charge in [-0.15, -0.1) is 0 Å². The van der Waals surface area contributed by atoms with Crippen molar-refractivity contribution in [2.45, 2.75) is 77.0 Å². The number of aromatic nitrogens is 11. The molecule has 0 spiro atoms. The third kappa shape index (κ3) is 14.4. The molecule has 29 rings (SSSR count). The summed E-state index contributed by atoms with van der Waals surface area (Å²) in [6.07, 6.45) is 0. The molecule has 0 fully saturated rings. The van der Waals surface area contributed by atoms with Crippen LogP contribution in [0.1, 0.15) is 99.9 Å². The van der Waals surface area contributed by atoms with E-state index in [4.69, 9.17) is 39.9 Å². The zero-order valence-electron chi connectivity index (χ0n) is 82.7. The van der Waals surface area contributed by atoms with E-state index in [2.05, 4.69) is 482 Å². The third-order valence-corrected chi connectivity index (χ3v) is 31.3. The molecule has 4 aliphatic rings. The Balaban J connectivity index is 0.000000109. The summed E-state index contributed by atoms with van der Waals surface area (Å²) in [7, 11) is 0. The van der Waals surface area contributed by atoms with Gasteiger partial charge in [0.05, 0.1) is 44.5 Å². The zero-order chi connectivity index (χ0) is 98.7. The molecule has 698 valence electrons. The molecule has 11 nitrogen and oxygen atoms in total. The van der Waals surface area contributed by atoms with Crippen LogP contribution < -0.4 is 0 Å². The van der Waals surface area contributed by atoms with Crippen LogP contribution in [-0.4, -0.2) is 53.6 Å². The van der Waals surface area contributed by atoms with Crippen LogP contribution in [0.4, 0.5) is 0 Å². The van der Waals surface area contributed by atoms with Gasteiger partial charge in [-0.3, -0.25) is 13.7 Å². The molecule has 0 amide bonds. The van der Waals surface area contributed by atoms with Crippen LogP contribution in [0.2, 0.25) is 0 Å². The molecule has 6 heterocycles. The van der Waals surface area contributed by atoms with E-state index in [1.807, 2.05) is 42.5 Å². The second-order valence-electron chi connectivity index (χ2n) is 41.3. The van der Waals surface area contributed by atoms with Crippen molar-refractivity contribution in [1.82, 2.24) is 53.6 Å². The Bertz CT molecular complexity index is 9590. The van der Waals surface area contributed by atoms with Gasteiger partial charge >= 0.3 is 0 Å². The zero-order valence-corrected chi connectivity index (χ0v) is 82.7. The predicted molar refractivity (Wildman–Crippen MR) is 604 cm³/mol. The van der Waals surface area contributed by atoms with E-state index in [-0.39, 0.29) is 21.7 Å². The Morgan fingerprint density at radius 2 is 0.408 bits per heavy atom. The van der Waals surface area contributed by atoms with Gasteiger partial charge < -0.3 is 0 Å². The monoisotopic (exact) mass is 1890 g/mol. The first kappa shape index (κ1) is 87.7. The van der Waals surface area contributed by atoms with E-state index in [0.29, 0.717) is 41.1 Å². The van der Waals surface area contributed by atoms with Crippen LogP contribution in [-0.2, 0) is 21.7 Å². The Kier molecular flexibility index (Phi) is 20.4. The lowest BCUT2D eigenvalue weighted by Crippen LogP contribution is -2.15. The van der Waals surface area contributed by atoms with Crippen LogP contribution in [0.25, 0.3) is 229 Å². The van der Waals surface area contributed by atoms with Crippen molar-refractivity contribution in [1.29, 1.82) is 0 Å². The van der Waals surface area contributed by atoms with Gasteiger partial charge in [-0.25, -0.2) is 19.9 Å². The van der Waals surface area contributed by atoms with E-state index >= 15 is 0 Å². The average Bonchev–Trinajstić information content (AvgIpc) is 1.56. The van der Waals surface area contributed by atoms with E-state index in [1.54, 1.807) is 0 Å². The van der Waals surface area contributed by atoms with Crippen molar-refractivity contribution in [3.8, 4) is 164 Å². The van der Waals surface area contributed by atoms with E-state index < -0.39 is 0 Å². The van der Waals surface area contributed by atoms with Gasteiger partial charge in [-0.2, -0.15) is 19.9 Å². The number of benzene rings is 19. The highest BCUT2D eigenvalue weighted by Crippen LogP contribution is 2.57. The second kappa shape index (κ2) is 34.2. The molecular formula is C136H99N11. The Hall–Kier alpha value is -18.3. The van der Waals surface area contributed by atoms with Gasteiger partial charge in [0.2, 0.25) is 17.8 Å². The molecule has 0 bridgehead atoms. The van der Waals surface area contributed by atoms with Gasteiger partial charge in [0.15, 0.2) is 23.3 Å². The van der Waals surface area contributed by atoms with Crippen LogP contribution in [0.15, 0.2) is 455 Å². The number of rotatable bonds is 12. The lowest BCUT2D eigenvalue weighted by molar-refractivity contribution is 0.660. The summed E-state index contributed by atoms with van der Waals surface area (Å²) in [6.45, 7) is 18.7. The number of fused-ring (bicyclic) bond motifs is 21. The van der Waals surface area contributed by atoms with Crippen molar-refractivity contribution in [2.24, 2.45) is 0 Å². The van der Waals surface area contributed by atoms with E-state index in [9.17, 15) is 0 Å². The first-order valence-corrected chi connectivity index (χ1v) is 50.7. The third-order valence-electron chi connectivity index (χ3n) is 31.3. The van der Waals surface area contributed by atoms with Crippen molar-refractivity contribution >= 4 is 65.4 Å². The highest BCUT2D eigenvalue weighted by atomic mass is 15.2. The predicted octanol–water partition coefficient (Wildman–Crippen LogP) is 33.7. The second-order valence-corrected chi connectivity index (χ2v) is 41.3. The lowest BCUT2D eigenvalue weighted by atomic mass is 9.82. The fourth-order valence-corrected chi connectivity index (χ4v) is 23.9. The van der Waals surface area contributed by atoms with Crippen molar-refractivity contribution < 1.29 is 0 Å². The van der Waals surface area contributed by atoms with Gasteiger partial charge in [0.1, 0.15) is 0 Å². The summed E-state index contributed by atoms with van der Waals surface area (Å²) in [5.41, 5.74) is 41.8. The van der Waals surface area contributed by atoms with Crippen LogP contribution in [0.5, 0.6) is 0 Å². The van der Waals surface area contributed by atoms with Crippen molar-refractivity contribution in [3.63, 3.8) is 0 Å². The minimum atomic E-state index is -0.107. The molecule has 19 aromatic carbocycles. The van der Waals surface area contributed by atoms with Gasteiger partial charge in [-0.05, 0) is 213 Å². The molecule has 6 aromatic heterocycles. The molecule has 147 heavy (non-hydrogen) atoms. The SMILES string of the molecule is CC1(C)c2ccccc2-c2cc3c(cc21)c1ccccc1n3-c1nc(-c2ccccc2)nc(-c2cc(-c3ccccc3)cc(-c3ccccc3)c2)n1.CC1(C)c2ccccc2-c2cc3c(cc21)c1ccccc1n3-c1nc(-c2ccccc2)nc(-c2cccc(-c3ccccc3)c2)n1.CC1(C)c2ccccc2-c2ccc(-c3cc(-c4ccccc4)nc(-n4c5ccccc5c5cc6c(cc54)-c4ccccc4C6(C)C)n3)cc21. The molecule has 4 aliphatic carbocycles. The van der Waals surface area contributed by atoms with Crippen molar-refractivity contribution in [2.75, 3.05) is 0 Å². The normalized spacial score (nSPS) is 13.7. The summed E-state index contributed by atoms with van der Waals surface area (Å²) < 4.78 is 6.73. The minimum Gasteiger partial charge on any atom is -0.278 e. The molecule has 0 N–H and O–H groups in total. The topological polar surface area (TPSA) is 118 Å². The standard InChI is InChI=1S/C48H34N4.C46H35N3.C42H30N4/c1-48(2)41-24-14-12-22-37(41)39-30-44-40(29-42(39)48)38-23-13-15-25-43(38)52(44)47-50-45(33-20-10-5-11-21-33)49-46(51-47)36-27-34(31-16-6-3-7-17-31)26-35(28-36)32-18-8-4-9-19-32;1-45(2)36-19-11-8-16-30(36)32-23-22-29(24-38(32)45)41-27-40(28-14-6-5-7-15-28)47-44(48-41)49-42-21-13-10-18-33(42)35-25-39-34(26-43(35)49)31-17-9-12-20-37(31)46(39,3)4;1-42(2)35-22-11-9-20-31(35)33-26-38-34(25-36(33)42)32-21-10-12-23-37(32)46(38)41-44-39(28-16-7-4-8-17-28)43-40(45-41)30-19-13-18-29(24-30)27-14-5-3-6-15-27/h3-30H,1-2H3;5-27H,1-4H3;3-26H,1-2H3. The highest BCUT2D eigenvalue weighted by molar-refractivity contribution is 6.14. The van der Waals surface area contributed by atoms with Crippen LogP contribution >= 0.6 is 0 Å². The number of nitrogens with zero attached hydrogens (tertiary/aromatic N) is 11. The largest absolute Gasteiger partial charge is 0.278 e. The summed E-state index contributed by atoms with van der Waals surface area (Å²) >= 11 is 0. The Morgan fingerprint density at radius 3 is 0.796 bits per heavy atom. The number of hydrogen-bond acceptors (Lipinski definition) is 8. The Morgan fingerprint density at radius 1 is 0.143 bits per heavy atom. The van der Waals surface area contributed by atoms with E-state index in [1.165, 1.54) is 121 Å². The molecule has 0 aliphatic heterocycles. The van der Waals surface area contributed by atoms with Crippen LogP contribution in [0, 0.1) is 0 Å². The molecule has 25 aromatic rings. The molecule has 11 heteroatoms. The quantitative estimate of drug-likeness (QED) is 0.119. The number of hydrogen-bond donors (Lipinski definition) is 0. The van der Waals surface area contributed by atoms with Gasteiger partial charge in [-0.1, -0.05) is 419 Å². The molecule has 0 saturated heterocycles.